The number of nitrogens with one attached hydrogen (secondary N) is 3. The van der Waals surface area contributed by atoms with Gasteiger partial charge in [0.05, 0.1) is 52.8 Å². The smallest absolute Gasteiger partial charge is 0.279 e. The first-order chi connectivity index (χ1) is 44.8. The number of halogens is 4. The molecule has 0 fully saturated rings. The molecular weight excluding hydrogens is 1310 g/mol. The van der Waals surface area contributed by atoms with Crippen molar-refractivity contribution in [2.45, 2.75) is 14.7 Å². The predicted molar refractivity (Wildman–Crippen MR) is 340 cm³/mol. The van der Waals surface area contributed by atoms with Crippen LogP contribution in [0.4, 0.5) is 30.2 Å². The summed E-state index contributed by atoms with van der Waals surface area (Å²) in [5.41, 5.74) is 2.70. The molecule has 0 aliphatic heterocycles. The number of hydrogen-bond donors (Lipinski definition) is 6. The lowest BCUT2D eigenvalue weighted by molar-refractivity contribution is 0.101. The van der Waals surface area contributed by atoms with Crippen LogP contribution in [0.5, 0.6) is 34.9 Å². The van der Waals surface area contributed by atoms with Crippen LogP contribution in [0.15, 0.2) is 227 Å². The van der Waals surface area contributed by atoms with Gasteiger partial charge >= 0.3 is 0 Å². The largest absolute Gasteiger partial charge is 0.437 e. The Morgan fingerprint density at radius 2 is 0.681 bits per heavy atom. The second kappa shape index (κ2) is 28.0. The average molecular weight is 1350 g/mol. The number of aromatic nitrogens is 6. The van der Waals surface area contributed by atoms with E-state index in [1.165, 1.54) is 72.8 Å². The molecule has 0 unspecified atom stereocenters. The third-order valence-electron chi connectivity index (χ3n) is 12.7. The van der Waals surface area contributed by atoms with Gasteiger partial charge in [-0.1, -0.05) is 84.4 Å². The summed E-state index contributed by atoms with van der Waals surface area (Å²) in [7, 11) is -11.9. The van der Waals surface area contributed by atoms with E-state index in [0.717, 1.165) is 24.3 Å². The predicted octanol–water partition coefficient (Wildman–Crippen LogP) is 11.0. The molecule has 9 aromatic carbocycles. The molecule has 12 rings (SSSR count). The summed E-state index contributed by atoms with van der Waals surface area (Å²) >= 11 is 6.04. The first kappa shape index (κ1) is 65.6. The Hall–Kier alpha value is -11.4. The van der Waals surface area contributed by atoms with Crippen LogP contribution in [0.25, 0.3) is 33.1 Å². The molecule has 24 nitrogen and oxygen atoms in total. The van der Waals surface area contributed by atoms with Crippen molar-refractivity contribution in [2.75, 3.05) is 16.0 Å². The number of nitrogens with zero attached hydrogens (tertiary/aromatic N) is 6. The van der Waals surface area contributed by atoms with Crippen molar-refractivity contribution in [3.05, 3.63) is 252 Å². The Bertz CT molecular complexity index is 5090. The van der Waals surface area contributed by atoms with Crippen LogP contribution < -0.4 is 45.6 Å². The molecular formula is C63H44ClF3N12O12S3. The van der Waals surface area contributed by atoms with E-state index in [9.17, 15) is 52.8 Å². The molecule has 474 valence electrons. The number of hydrogen-bond acceptors (Lipinski definition) is 18. The SMILES string of the molecule is NS(=O)(=O)c1cccc(NC(=O)c2nc3ccccc3nc2Oc2ccc(F)cc2Cl)c1.NS(=O)(=O)c1cccc(NC(=O)c2nc3ccccc3nc2Oc2ccc(F)cc2F)c1.NS(=O)(=O)c1cccc(NC(=O)c2nc3ccccc3nc2Oc2ccccc2)c1. The van der Waals surface area contributed by atoms with Crippen LogP contribution >= 0.6 is 11.6 Å². The van der Waals surface area contributed by atoms with E-state index in [4.69, 9.17) is 41.2 Å². The van der Waals surface area contributed by atoms with Crippen LogP contribution in [-0.4, -0.2) is 72.9 Å². The topological polar surface area (TPSA) is 373 Å². The molecule has 0 radical (unpaired) electrons. The second-order valence-electron chi connectivity index (χ2n) is 19.4. The molecule has 0 aliphatic rings. The Labute approximate surface area is 536 Å². The van der Waals surface area contributed by atoms with Gasteiger partial charge in [0.2, 0.25) is 30.1 Å². The van der Waals surface area contributed by atoms with Crippen molar-refractivity contribution in [1.29, 1.82) is 0 Å². The van der Waals surface area contributed by atoms with Crippen molar-refractivity contribution in [1.82, 2.24) is 29.9 Å². The number of carbonyl (C=O) groups excluding carboxylic acids is 3. The van der Waals surface area contributed by atoms with Gasteiger partial charge in [0.15, 0.2) is 28.6 Å². The highest BCUT2D eigenvalue weighted by Crippen LogP contribution is 2.33. The lowest BCUT2D eigenvalue weighted by atomic mass is 10.2. The van der Waals surface area contributed by atoms with Crippen LogP contribution in [0.3, 0.4) is 0 Å². The van der Waals surface area contributed by atoms with E-state index in [2.05, 4.69) is 45.9 Å². The second-order valence-corrected chi connectivity index (χ2v) is 24.5. The molecule has 31 heteroatoms. The maximum absolute atomic E-state index is 14.1. The van der Waals surface area contributed by atoms with Crippen molar-refractivity contribution in [3.63, 3.8) is 0 Å². The molecule has 12 aromatic rings. The number of sulfonamides is 3. The number of amides is 3. The maximum Gasteiger partial charge on any atom is 0.279 e. The Morgan fingerprint density at radius 3 is 1.03 bits per heavy atom. The summed E-state index contributed by atoms with van der Waals surface area (Å²) in [4.78, 5) is 64.4. The number of nitrogens with two attached hydrogens (primary N) is 3. The van der Waals surface area contributed by atoms with Crippen molar-refractivity contribution < 1.29 is 67.0 Å². The quantitative estimate of drug-likeness (QED) is 0.0555. The van der Waals surface area contributed by atoms with Gasteiger partial charge in [-0.15, -0.1) is 0 Å². The van der Waals surface area contributed by atoms with E-state index in [1.807, 2.05) is 12.1 Å². The van der Waals surface area contributed by atoms with E-state index < -0.39 is 65.2 Å². The number of anilines is 3. The highest BCUT2D eigenvalue weighted by Gasteiger charge is 2.25. The number of fused-ring (bicyclic) bond motifs is 3. The molecule has 0 spiro atoms. The summed E-state index contributed by atoms with van der Waals surface area (Å²) in [5, 5.41) is 23.1. The fraction of sp³-hybridized carbons (Fsp3) is 0. The Kier molecular flexibility index (Phi) is 19.5. The van der Waals surface area contributed by atoms with Crippen molar-refractivity contribution in [3.8, 4) is 34.9 Å². The third-order valence-corrected chi connectivity index (χ3v) is 15.7. The molecule has 3 aromatic heterocycles. The van der Waals surface area contributed by atoms with Crippen LogP contribution in [0.2, 0.25) is 5.02 Å². The van der Waals surface area contributed by atoms with Gasteiger partial charge in [0.1, 0.15) is 23.1 Å². The zero-order valence-electron chi connectivity index (χ0n) is 47.8. The molecule has 94 heavy (non-hydrogen) atoms. The maximum atomic E-state index is 14.1. The van der Waals surface area contributed by atoms with Gasteiger partial charge in [-0.2, -0.15) is 0 Å². The number of rotatable bonds is 15. The zero-order valence-corrected chi connectivity index (χ0v) is 51.0. The van der Waals surface area contributed by atoms with Crippen LogP contribution in [-0.2, 0) is 30.1 Å². The summed E-state index contributed by atoms with van der Waals surface area (Å²) in [6, 6.07) is 51.9. The van der Waals surface area contributed by atoms with E-state index >= 15 is 0 Å². The standard InChI is InChI=1S/C21H14ClFN4O4S.C21H14F2N4O4S.C21H16N4O4S/c22-15-10-12(23)8-9-18(15)31-21-19(26-16-6-1-2-7-17(16)27-21)20(28)25-13-4-3-5-14(11-13)32(24,29)30;22-12-8-9-18(15(23)10-12)31-21-19(26-16-6-1-2-7-17(16)27-21)20(28)25-13-4-3-5-14(11-13)32(24,29)30;22-30(27,28)16-10-6-7-14(13-16)23-20(26)19-21(29-15-8-2-1-3-9-15)25-18-12-5-4-11-17(18)24-19/h2*1-11H,(H,25,28)(H2,24,29,30);1-13H,(H,23,26)(H2,22,27,28). The fourth-order valence-corrected chi connectivity index (χ4v) is 10.2. The highest BCUT2D eigenvalue weighted by molar-refractivity contribution is 7.89. The molecule has 0 aliphatic carbocycles. The molecule has 3 amide bonds. The third kappa shape index (κ3) is 16.6. The molecule has 0 bridgehead atoms. The van der Waals surface area contributed by atoms with Crippen molar-refractivity contribution in [2.24, 2.45) is 15.4 Å². The Balaban J connectivity index is 0.000000154. The van der Waals surface area contributed by atoms with Gasteiger partial charge in [0, 0.05) is 23.1 Å². The number of para-hydroxylation sites is 7. The number of ether oxygens (including phenoxy) is 3. The molecule has 9 N–H and O–H groups in total. The van der Waals surface area contributed by atoms with Gasteiger partial charge < -0.3 is 30.2 Å². The fourth-order valence-electron chi connectivity index (χ4n) is 8.36. The monoisotopic (exact) mass is 1350 g/mol. The van der Waals surface area contributed by atoms with Crippen LogP contribution in [0.1, 0.15) is 31.5 Å². The van der Waals surface area contributed by atoms with E-state index in [0.29, 0.717) is 44.9 Å². The summed E-state index contributed by atoms with van der Waals surface area (Å²) < 4.78 is 127. The normalized spacial score (nSPS) is 11.3. The van der Waals surface area contributed by atoms with Crippen LogP contribution in [0, 0.1) is 17.5 Å². The summed E-state index contributed by atoms with van der Waals surface area (Å²) in [6.07, 6.45) is 0. The van der Waals surface area contributed by atoms with Gasteiger partial charge in [-0.3, -0.25) is 14.4 Å². The van der Waals surface area contributed by atoms with E-state index in [1.54, 1.807) is 97.1 Å². The molecule has 0 atom stereocenters. The van der Waals surface area contributed by atoms with Gasteiger partial charge in [-0.05, 0) is 133 Å². The van der Waals surface area contributed by atoms with Gasteiger partial charge in [-0.25, -0.2) is 83.7 Å². The number of benzene rings is 9. The summed E-state index contributed by atoms with van der Waals surface area (Å²) in [5.74, 6) is -4.73. The minimum absolute atomic E-state index is 0.0211. The molecule has 0 saturated carbocycles. The average Bonchev–Trinajstić information content (AvgIpc) is 0.813. The van der Waals surface area contributed by atoms with Crippen molar-refractivity contribution >= 4 is 110 Å². The van der Waals surface area contributed by atoms with E-state index in [-0.39, 0.29) is 83.0 Å². The zero-order chi connectivity index (χ0) is 66.9. The summed E-state index contributed by atoms with van der Waals surface area (Å²) in [6.45, 7) is 0. The first-order valence-corrected chi connectivity index (χ1v) is 31.9. The number of carbonyl (C=O) groups is 3. The first-order valence-electron chi connectivity index (χ1n) is 26.9. The Morgan fingerprint density at radius 1 is 0.362 bits per heavy atom. The highest BCUT2D eigenvalue weighted by atomic mass is 35.5. The molecule has 0 saturated heterocycles. The lowest BCUT2D eigenvalue weighted by Gasteiger charge is -2.12. The number of primary sulfonamides is 3. The molecule has 3 heterocycles. The minimum Gasteiger partial charge on any atom is -0.437 e. The van der Waals surface area contributed by atoms with Gasteiger partial charge in [0.25, 0.3) is 35.4 Å². The lowest BCUT2D eigenvalue weighted by Crippen LogP contribution is -2.17. The minimum atomic E-state index is -3.99.